The zero-order valence-electron chi connectivity index (χ0n) is 18.7. The number of para-hydroxylation sites is 1. The fourth-order valence-electron chi connectivity index (χ4n) is 3.12. The van der Waals surface area contributed by atoms with Crippen LogP contribution >= 0.6 is 0 Å². The SMILES string of the molecule is CO[C@@H](CC/C=C/C(=O)NO)[C@@H](OC(=O)NC(=O)c1ccccc1)c1ccccc1OCCO. The predicted octanol–water partition coefficient (Wildman–Crippen LogP) is 2.52. The maximum Gasteiger partial charge on any atom is 0.414 e. The number of benzene rings is 2. The summed E-state index contributed by atoms with van der Waals surface area (Å²) >= 11 is 0. The molecule has 10 heteroatoms. The molecule has 3 amide bonds. The van der Waals surface area contributed by atoms with E-state index in [1.807, 2.05) is 0 Å². The largest absolute Gasteiger partial charge is 0.491 e. The quantitative estimate of drug-likeness (QED) is 0.210. The number of nitrogens with one attached hydrogen (secondary N) is 2. The highest BCUT2D eigenvalue weighted by Crippen LogP contribution is 2.33. The minimum absolute atomic E-state index is 0.0269. The first-order chi connectivity index (χ1) is 16.5. The van der Waals surface area contributed by atoms with Gasteiger partial charge in [0.1, 0.15) is 12.4 Å². The second-order valence-electron chi connectivity index (χ2n) is 6.99. The van der Waals surface area contributed by atoms with Crippen LogP contribution in [0.15, 0.2) is 66.7 Å². The molecule has 0 unspecified atom stereocenters. The predicted molar refractivity (Wildman–Crippen MR) is 121 cm³/mol. The molecule has 10 nitrogen and oxygen atoms in total. The molecule has 2 rings (SSSR count). The maximum absolute atomic E-state index is 12.6. The van der Waals surface area contributed by atoms with Gasteiger partial charge < -0.3 is 19.3 Å². The van der Waals surface area contributed by atoms with Gasteiger partial charge in [-0.25, -0.2) is 10.3 Å². The highest BCUT2D eigenvalue weighted by molar-refractivity contribution is 6.02. The zero-order chi connectivity index (χ0) is 24.8. The van der Waals surface area contributed by atoms with Gasteiger partial charge in [0.05, 0.1) is 12.7 Å². The number of alkyl carbamates (subject to hydrolysis) is 1. The molecule has 0 aromatic heterocycles. The smallest absolute Gasteiger partial charge is 0.414 e. The second-order valence-corrected chi connectivity index (χ2v) is 6.99. The summed E-state index contributed by atoms with van der Waals surface area (Å²) in [5.41, 5.74) is 2.26. The van der Waals surface area contributed by atoms with Gasteiger partial charge in [0.15, 0.2) is 6.10 Å². The molecule has 182 valence electrons. The van der Waals surface area contributed by atoms with Crippen LogP contribution in [-0.4, -0.2) is 54.6 Å². The lowest BCUT2D eigenvalue weighted by Gasteiger charge is -2.27. The topological polar surface area (TPSA) is 143 Å². The highest BCUT2D eigenvalue weighted by atomic mass is 16.6. The van der Waals surface area contributed by atoms with Crippen LogP contribution < -0.4 is 15.5 Å². The number of imide groups is 1. The number of aliphatic hydroxyl groups is 1. The lowest BCUT2D eigenvalue weighted by atomic mass is 9.99. The third-order valence-electron chi connectivity index (χ3n) is 4.70. The Hall–Kier alpha value is -3.73. The van der Waals surface area contributed by atoms with E-state index in [9.17, 15) is 14.4 Å². The maximum atomic E-state index is 12.6. The number of rotatable bonds is 12. The highest BCUT2D eigenvalue weighted by Gasteiger charge is 2.30. The molecule has 2 aromatic carbocycles. The van der Waals surface area contributed by atoms with Gasteiger partial charge in [0.25, 0.3) is 11.8 Å². The summed E-state index contributed by atoms with van der Waals surface area (Å²) in [6, 6.07) is 15.0. The molecule has 0 radical (unpaired) electrons. The van der Waals surface area contributed by atoms with E-state index < -0.39 is 30.1 Å². The normalized spacial score (nSPS) is 12.6. The summed E-state index contributed by atoms with van der Waals surface area (Å²) in [7, 11) is 1.44. The van der Waals surface area contributed by atoms with Crippen LogP contribution in [0.1, 0.15) is 34.9 Å². The lowest BCUT2D eigenvalue weighted by molar-refractivity contribution is -0.124. The molecule has 34 heavy (non-hydrogen) atoms. The summed E-state index contributed by atoms with van der Waals surface area (Å²) in [5.74, 6) is -0.926. The molecule has 0 saturated carbocycles. The Kier molecular flexibility index (Phi) is 11.3. The third-order valence-corrected chi connectivity index (χ3v) is 4.70. The fourth-order valence-corrected chi connectivity index (χ4v) is 3.12. The minimum Gasteiger partial charge on any atom is -0.491 e. The van der Waals surface area contributed by atoms with E-state index in [1.54, 1.807) is 54.6 Å². The van der Waals surface area contributed by atoms with Crippen molar-refractivity contribution in [3.05, 3.63) is 77.9 Å². The van der Waals surface area contributed by atoms with E-state index in [-0.39, 0.29) is 13.2 Å². The lowest BCUT2D eigenvalue weighted by Crippen LogP contribution is -2.35. The van der Waals surface area contributed by atoms with Crippen LogP contribution in [0.2, 0.25) is 0 Å². The van der Waals surface area contributed by atoms with Gasteiger partial charge in [0, 0.05) is 24.3 Å². The number of aliphatic hydroxyl groups excluding tert-OH is 1. The minimum atomic E-state index is -0.983. The first kappa shape index (κ1) is 26.5. The van der Waals surface area contributed by atoms with Crippen molar-refractivity contribution in [1.82, 2.24) is 10.8 Å². The van der Waals surface area contributed by atoms with Crippen LogP contribution in [0.25, 0.3) is 0 Å². The first-order valence-corrected chi connectivity index (χ1v) is 10.5. The van der Waals surface area contributed by atoms with E-state index in [0.717, 1.165) is 6.08 Å². The molecule has 0 heterocycles. The molecule has 2 aromatic rings. The Morgan fingerprint density at radius 2 is 1.76 bits per heavy atom. The van der Waals surface area contributed by atoms with Crippen LogP contribution in [0, 0.1) is 0 Å². The van der Waals surface area contributed by atoms with Crippen LogP contribution in [0.5, 0.6) is 5.75 Å². The molecular formula is C24H28N2O8. The molecule has 0 saturated heterocycles. The van der Waals surface area contributed by atoms with Crippen molar-refractivity contribution in [2.24, 2.45) is 0 Å². The Labute approximate surface area is 197 Å². The molecule has 0 fully saturated rings. The number of methoxy groups -OCH3 is 1. The third kappa shape index (κ3) is 8.32. The van der Waals surface area contributed by atoms with Gasteiger partial charge in [-0.15, -0.1) is 0 Å². The number of carbonyl (C=O) groups is 3. The van der Waals surface area contributed by atoms with E-state index in [1.165, 1.54) is 18.7 Å². The average Bonchev–Trinajstić information content (AvgIpc) is 2.87. The first-order valence-electron chi connectivity index (χ1n) is 10.5. The standard InChI is InChI=1S/C24H28N2O8/c1-32-20(13-7-8-14-21(28)26-31)22(18-11-5-6-12-19(18)33-16-15-27)34-24(30)25-23(29)17-9-3-2-4-10-17/h2-6,8-12,14,20,22,27,31H,7,13,15-16H2,1H3,(H,26,28)(H,25,29,30)/b14-8+/t20-,22-/m0/s1. The van der Waals surface area contributed by atoms with Gasteiger partial charge in [-0.2, -0.15) is 0 Å². The Bertz CT molecular complexity index is 964. The molecule has 0 aliphatic heterocycles. The van der Waals surface area contributed by atoms with Gasteiger partial charge in [-0.1, -0.05) is 42.5 Å². The van der Waals surface area contributed by atoms with Gasteiger partial charge in [-0.3, -0.25) is 20.1 Å². The second kappa shape index (κ2) is 14.4. The van der Waals surface area contributed by atoms with E-state index in [4.69, 9.17) is 24.5 Å². The van der Waals surface area contributed by atoms with E-state index in [2.05, 4.69) is 5.32 Å². The van der Waals surface area contributed by atoms with Gasteiger partial charge >= 0.3 is 6.09 Å². The van der Waals surface area contributed by atoms with Crippen LogP contribution in [-0.2, 0) is 14.3 Å². The summed E-state index contributed by atoms with van der Waals surface area (Å²) in [6.45, 7) is -0.184. The summed E-state index contributed by atoms with van der Waals surface area (Å²) < 4.78 is 16.8. The fraction of sp³-hybridized carbons (Fsp3) is 0.292. The van der Waals surface area contributed by atoms with Crippen molar-refractivity contribution < 1.29 is 38.9 Å². The Balaban J connectivity index is 2.24. The monoisotopic (exact) mass is 472 g/mol. The van der Waals surface area contributed by atoms with Crippen molar-refractivity contribution in [2.75, 3.05) is 20.3 Å². The molecule has 0 aliphatic carbocycles. The number of hydroxylamine groups is 1. The number of hydrogen-bond donors (Lipinski definition) is 4. The molecular weight excluding hydrogens is 444 g/mol. The van der Waals surface area contributed by atoms with Crippen LogP contribution in [0.3, 0.4) is 0 Å². The Morgan fingerprint density at radius 3 is 2.44 bits per heavy atom. The van der Waals surface area contributed by atoms with Crippen molar-refractivity contribution in [2.45, 2.75) is 25.0 Å². The van der Waals surface area contributed by atoms with E-state index >= 15 is 0 Å². The summed E-state index contributed by atoms with van der Waals surface area (Å²) in [5, 5.41) is 19.9. The summed E-state index contributed by atoms with van der Waals surface area (Å²) in [6.07, 6.45) is 0.726. The van der Waals surface area contributed by atoms with Gasteiger partial charge in [-0.05, 0) is 31.0 Å². The molecule has 0 aliphatic rings. The van der Waals surface area contributed by atoms with Crippen LogP contribution in [0.4, 0.5) is 4.79 Å². The average molecular weight is 472 g/mol. The van der Waals surface area contributed by atoms with E-state index in [0.29, 0.717) is 29.7 Å². The number of hydrogen-bond acceptors (Lipinski definition) is 8. The molecule has 0 spiro atoms. The zero-order valence-corrected chi connectivity index (χ0v) is 18.7. The number of allylic oxidation sites excluding steroid dienone is 1. The number of amides is 3. The van der Waals surface area contributed by atoms with Crippen molar-refractivity contribution >= 4 is 17.9 Å². The summed E-state index contributed by atoms with van der Waals surface area (Å²) in [4.78, 5) is 36.2. The molecule has 0 bridgehead atoms. The van der Waals surface area contributed by atoms with Crippen molar-refractivity contribution in [3.63, 3.8) is 0 Å². The van der Waals surface area contributed by atoms with Gasteiger partial charge in [0.2, 0.25) is 0 Å². The number of carbonyl (C=O) groups excluding carboxylic acids is 3. The van der Waals surface area contributed by atoms with Crippen molar-refractivity contribution in [3.8, 4) is 5.75 Å². The Morgan fingerprint density at radius 1 is 1.06 bits per heavy atom. The van der Waals surface area contributed by atoms with Crippen molar-refractivity contribution in [1.29, 1.82) is 0 Å². The number of ether oxygens (including phenoxy) is 3. The molecule has 4 N–H and O–H groups in total. The molecule has 2 atom stereocenters.